The van der Waals surface area contributed by atoms with Crippen molar-refractivity contribution in [2.24, 2.45) is 11.5 Å². The number of nitrogens with one attached hydrogen (secondary N) is 3. The molecule has 4 atom stereocenters. The standard InChI is InChI=1S/C10H20N2O3S2.C6H10N2O2S.C5H11NO2S.CO2.2K.H3N.H2O/c1-16-5-3-7(11)9(13)12-8(10(14)15)4-6-17-2;1-11-3-2-4-5(9)8-6(10)7-4;1-9-3-2-4(6)5(7)8;2-1-3;;;;/h7-8H,3-6,11H2,1-2H3,(H,12,13)(H,14,15);4H,2-3H2,1H3,(H2,7,8,9,10);4H,2-3,6H2,1H3,(H,7,8);;;;1H3;1H2/q;;;;2*+1;;/p-2. The summed E-state index contributed by atoms with van der Waals surface area (Å²) in [5.74, 6) is 0.0360. The minimum absolute atomic E-state index is 0. The van der Waals surface area contributed by atoms with Crippen LogP contribution >= 0.6 is 47.0 Å². The summed E-state index contributed by atoms with van der Waals surface area (Å²) in [4.78, 5) is 70.1. The molecule has 0 saturated carbocycles. The third-order valence-electron chi connectivity index (χ3n) is 4.59. The molecule has 0 bridgehead atoms. The second kappa shape index (κ2) is 42.3. The largest absolute Gasteiger partial charge is 1.00 e. The van der Waals surface area contributed by atoms with Gasteiger partial charge in [0.25, 0.3) is 5.91 Å². The smallest absolute Gasteiger partial charge is 0.548 e. The Labute approximate surface area is 360 Å². The van der Waals surface area contributed by atoms with Gasteiger partial charge in [0.2, 0.25) is 5.91 Å². The number of rotatable bonds is 16. The number of carbonyl (C=O) groups excluding carboxylic acids is 7. The third kappa shape index (κ3) is 37.7. The zero-order valence-electron chi connectivity index (χ0n) is 26.1. The fourth-order valence-corrected chi connectivity index (χ4v) is 4.32. The Hall–Kier alpha value is 1.24. The van der Waals surface area contributed by atoms with Gasteiger partial charge in [-0.2, -0.15) is 56.6 Å². The fourth-order valence-electron chi connectivity index (χ4n) is 2.40. The van der Waals surface area contributed by atoms with Crippen LogP contribution in [0, 0.1) is 0 Å². The Morgan fingerprint density at radius 2 is 1.25 bits per heavy atom. The predicted molar refractivity (Wildman–Crippen MR) is 164 cm³/mol. The molecule has 1 saturated heterocycles. The molecule has 1 rings (SSSR count). The molecule has 0 spiro atoms. The van der Waals surface area contributed by atoms with Crippen LogP contribution in [-0.2, 0) is 28.8 Å². The van der Waals surface area contributed by atoms with E-state index in [1.54, 1.807) is 35.3 Å². The second-order valence-corrected chi connectivity index (χ2v) is 11.6. The number of carbonyl (C=O) groups is 5. The molecule has 248 valence electrons. The van der Waals surface area contributed by atoms with Gasteiger partial charge in [-0.05, 0) is 73.7 Å². The monoisotopic (exact) mass is 758 g/mol. The normalized spacial score (nSPS) is 14.1. The number of hydrogen-bond donors (Lipinski definition) is 6. The van der Waals surface area contributed by atoms with Crippen molar-refractivity contribution in [3.8, 4) is 0 Å². The zero-order chi connectivity index (χ0) is 31.5. The van der Waals surface area contributed by atoms with E-state index < -0.39 is 36.0 Å². The number of imide groups is 1. The molecule has 0 radical (unpaired) electrons. The molecule has 1 heterocycles. The molecular weight excluding hydrogens is 715 g/mol. The summed E-state index contributed by atoms with van der Waals surface area (Å²) in [6.07, 6.45) is 10.0. The van der Waals surface area contributed by atoms with Gasteiger partial charge in [0.05, 0.1) is 24.0 Å². The van der Waals surface area contributed by atoms with Gasteiger partial charge in [0.1, 0.15) is 6.04 Å². The van der Waals surface area contributed by atoms with Crippen molar-refractivity contribution >= 4 is 83.0 Å². The molecule has 4 unspecified atom stereocenters. The Bertz CT molecular complexity index is 807. The van der Waals surface area contributed by atoms with Gasteiger partial charge < -0.3 is 53.5 Å². The summed E-state index contributed by atoms with van der Waals surface area (Å²) < 4.78 is 0. The molecule has 4 amide bonds. The van der Waals surface area contributed by atoms with Crippen molar-refractivity contribution in [3.05, 3.63) is 0 Å². The first-order valence-electron chi connectivity index (χ1n) is 11.7. The molecule has 22 heteroatoms. The first-order chi connectivity index (χ1) is 18.9. The van der Waals surface area contributed by atoms with Crippen LogP contribution < -0.4 is 147 Å². The molecule has 1 aliphatic heterocycles. The summed E-state index contributed by atoms with van der Waals surface area (Å²) in [5.41, 5.74) is 10.8. The van der Waals surface area contributed by atoms with Crippen molar-refractivity contribution in [1.29, 1.82) is 0 Å². The van der Waals surface area contributed by atoms with Crippen LogP contribution in [-0.4, -0.2) is 114 Å². The van der Waals surface area contributed by atoms with Gasteiger partial charge in [-0.1, -0.05) is 0 Å². The molecule has 0 aromatic rings. The fraction of sp³-hybridized carbons (Fsp3) is 0.727. The average molecular weight is 759 g/mol. The quantitative estimate of drug-likeness (QED) is 0.0629. The first kappa shape index (κ1) is 60.6. The van der Waals surface area contributed by atoms with Crippen LogP contribution in [0.1, 0.15) is 25.7 Å². The molecule has 0 aromatic carbocycles. The van der Waals surface area contributed by atoms with Crippen LogP contribution in [0.25, 0.3) is 0 Å². The predicted octanol–water partition coefficient (Wildman–Crippen LogP) is -9.42. The number of carboxylic acids is 2. The molecule has 1 fully saturated rings. The number of nitrogens with two attached hydrogens (primary N) is 2. The van der Waals surface area contributed by atoms with E-state index in [9.17, 15) is 34.2 Å². The van der Waals surface area contributed by atoms with E-state index in [-0.39, 0.29) is 139 Å². The topological polar surface area (TPSA) is 320 Å². The Morgan fingerprint density at radius 1 is 0.841 bits per heavy atom. The summed E-state index contributed by atoms with van der Waals surface area (Å²) in [5, 5.41) is 27.9. The van der Waals surface area contributed by atoms with Gasteiger partial charge in [-0.15, -0.1) is 0 Å². The van der Waals surface area contributed by atoms with Crippen LogP contribution in [0.4, 0.5) is 4.79 Å². The molecule has 12 N–H and O–H groups in total. The van der Waals surface area contributed by atoms with Crippen molar-refractivity contribution in [2.45, 2.75) is 49.9 Å². The van der Waals surface area contributed by atoms with E-state index in [4.69, 9.17) is 21.1 Å². The van der Waals surface area contributed by atoms with Gasteiger partial charge in [0.15, 0.2) is 0 Å². The number of carboxylic acid groups (broad SMARTS) is 2. The maximum Gasteiger partial charge on any atom is 1.00 e. The van der Waals surface area contributed by atoms with Crippen LogP contribution in [0.5, 0.6) is 0 Å². The van der Waals surface area contributed by atoms with Crippen molar-refractivity contribution in [1.82, 2.24) is 22.1 Å². The van der Waals surface area contributed by atoms with E-state index in [1.807, 2.05) is 25.0 Å². The third-order valence-corrected chi connectivity index (χ3v) is 7.16. The minimum atomic E-state index is -1.26. The number of amides is 4. The number of thioether (sulfide) groups is 4. The Balaban J connectivity index is -0.0000000890. The molecule has 0 aromatic heterocycles. The molecule has 1 aliphatic rings. The van der Waals surface area contributed by atoms with Crippen molar-refractivity contribution < 1.29 is 152 Å². The maximum atomic E-state index is 11.6. The van der Waals surface area contributed by atoms with E-state index in [1.165, 1.54) is 11.8 Å². The second-order valence-electron chi connectivity index (χ2n) is 7.64. The van der Waals surface area contributed by atoms with Gasteiger partial charge in [0, 0.05) is 6.04 Å². The Morgan fingerprint density at radius 3 is 1.59 bits per heavy atom. The molecule has 16 nitrogen and oxygen atoms in total. The van der Waals surface area contributed by atoms with E-state index in [0.29, 0.717) is 31.4 Å². The summed E-state index contributed by atoms with van der Waals surface area (Å²) in [7, 11) is 0. The first-order valence-corrected chi connectivity index (χ1v) is 17.2. The van der Waals surface area contributed by atoms with Gasteiger partial charge in [-0.25, -0.2) is 4.79 Å². The Kier molecular flexibility index (Phi) is 58.2. The summed E-state index contributed by atoms with van der Waals surface area (Å²) in [6.45, 7) is 0. The molecule has 44 heavy (non-hydrogen) atoms. The minimum Gasteiger partial charge on any atom is -0.548 e. The number of urea groups is 1. The van der Waals surface area contributed by atoms with E-state index >= 15 is 0 Å². The van der Waals surface area contributed by atoms with Crippen LogP contribution in [0.3, 0.4) is 0 Å². The number of aliphatic carboxylic acids is 2. The number of hydrogen-bond acceptors (Lipinski definition) is 16. The summed E-state index contributed by atoms with van der Waals surface area (Å²) >= 11 is 6.35. The summed E-state index contributed by atoms with van der Waals surface area (Å²) in [6, 6.07) is -3.08. The van der Waals surface area contributed by atoms with E-state index in [0.717, 1.165) is 17.3 Å². The van der Waals surface area contributed by atoms with Crippen LogP contribution in [0.2, 0.25) is 0 Å². The van der Waals surface area contributed by atoms with Gasteiger partial charge >= 0.3 is 115 Å². The molecule has 0 aliphatic carbocycles. The van der Waals surface area contributed by atoms with Crippen LogP contribution in [0.15, 0.2) is 0 Å². The van der Waals surface area contributed by atoms with Crippen molar-refractivity contribution in [3.63, 3.8) is 0 Å². The zero-order valence-corrected chi connectivity index (χ0v) is 35.6. The maximum absolute atomic E-state index is 11.6. The molecular formula is C22H44K2N6O10S4. The van der Waals surface area contributed by atoms with Gasteiger partial charge in [-0.3, -0.25) is 14.9 Å². The SMILES string of the molecule is CSCCC(N)C(=O)NC(CCSC)C(=O)[O-].CSCCC(N)C(=O)[O-].CSCCC1NC(=O)NC1=O.N.O.O=C=O.[K+].[K+]. The van der Waals surface area contributed by atoms with E-state index in [2.05, 4.69) is 16.0 Å². The van der Waals surface area contributed by atoms with Crippen molar-refractivity contribution in [2.75, 3.05) is 48.0 Å². The average Bonchev–Trinajstić information content (AvgIpc) is 3.23.